The fourth-order valence-corrected chi connectivity index (χ4v) is 5.43. The van der Waals surface area contributed by atoms with Crippen LogP contribution in [0.3, 0.4) is 0 Å². The minimum absolute atomic E-state index is 0.448. The van der Waals surface area contributed by atoms with Crippen molar-refractivity contribution in [2.24, 2.45) is 0 Å². The monoisotopic (exact) mass is 571 g/mol. The fraction of sp³-hybridized carbons (Fsp3) is 0.0455. The van der Waals surface area contributed by atoms with Gasteiger partial charge in [-0.15, -0.1) is 4.57 Å². The molecule has 0 aliphatic carbocycles. The number of hydrogen-bond donors (Lipinski definition) is 0. The molecule has 190 valence electrons. The maximum absolute atomic E-state index is 14.2. The first-order valence-corrected chi connectivity index (χ1v) is 12.0. The zero-order valence-electron chi connectivity index (χ0n) is 17.6. The van der Waals surface area contributed by atoms with Gasteiger partial charge in [-0.1, -0.05) is 65.0 Å². The summed E-state index contributed by atoms with van der Waals surface area (Å²) < 4.78 is 110. The molecule has 3 aromatic carbocycles. The standard InChI is InChI=1S/C22H12ClF5NS2.BF4/c23-13-8-6-12(7-9-13)21-22(29(11-31-21)14-4-2-1-3-5-14)30-10-15-16(24)18(26)20(28)19(27)17(15)25;2-1(3,4)5/h1-9,11H,10H2;/q+1;-1. The predicted octanol–water partition coefficient (Wildman–Crippen LogP) is 8.63. The summed E-state index contributed by atoms with van der Waals surface area (Å²) in [5.74, 6) is -10.2. The van der Waals surface area contributed by atoms with E-state index >= 15 is 0 Å². The van der Waals surface area contributed by atoms with Crippen LogP contribution < -0.4 is 4.57 Å². The second-order valence-electron chi connectivity index (χ2n) is 6.90. The fourth-order valence-electron chi connectivity index (χ4n) is 2.93. The maximum atomic E-state index is 14.2. The Balaban J connectivity index is 0.000000658. The quantitative estimate of drug-likeness (QED) is 0.0579. The molecule has 0 saturated heterocycles. The Morgan fingerprint density at radius 3 is 1.78 bits per heavy atom. The van der Waals surface area contributed by atoms with Gasteiger partial charge in [0.15, 0.2) is 23.3 Å². The van der Waals surface area contributed by atoms with Crippen LogP contribution >= 0.6 is 34.7 Å². The Morgan fingerprint density at radius 1 is 0.750 bits per heavy atom. The first-order valence-electron chi connectivity index (χ1n) is 9.73. The lowest BCUT2D eigenvalue weighted by atomic mass is 10.2. The summed E-state index contributed by atoms with van der Waals surface area (Å²) in [5, 5.41) is 1.15. The van der Waals surface area contributed by atoms with Crippen molar-refractivity contribution in [2.75, 3.05) is 0 Å². The summed E-state index contributed by atoms with van der Waals surface area (Å²) in [4.78, 5) is 0.773. The molecular weight excluding hydrogens is 560 g/mol. The van der Waals surface area contributed by atoms with Crippen LogP contribution in [0.25, 0.3) is 16.1 Å². The van der Waals surface area contributed by atoms with Crippen LogP contribution in [0.4, 0.5) is 39.2 Å². The summed E-state index contributed by atoms with van der Waals surface area (Å²) in [6, 6.07) is 16.2. The molecule has 0 radical (unpaired) electrons. The van der Waals surface area contributed by atoms with E-state index in [0.29, 0.717) is 10.0 Å². The summed E-state index contributed by atoms with van der Waals surface area (Å²) >= 11 is 8.34. The molecule has 0 aliphatic rings. The van der Waals surface area contributed by atoms with E-state index in [1.165, 1.54) is 11.3 Å². The third-order valence-corrected chi connectivity index (χ3v) is 6.95. The number of halogens is 10. The van der Waals surface area contributed by atoms with Crippen LogP contribution in [0, 0.1) is 29.1 Å². The molecule has 0 bridgehead atoms. The average Bonchev–Trinajstić information content (AvgIpc) is 3.25. The number of thioether (sulfide) groups is 1. The molecule has 14 heteroatoms. The van der Waals surface area contributed by atoms with Gasteiger partial charge >= 0.3 is 7.25 Å². The van der Waals surface area contributed by atoms with Crippen LogP contribution in [0.1, 0.15) is 5.56 Å². The molecule has 0 unspecified atom stereocenters. The largest absolute Gasteiger partial charge is 0.673 e. The Bertz CT molecular complexity index is 1310. The van der Waals surface area contributed by atoms with Crippen LogP contribution in [-0.2, 0) is 5.75 Å². The minimum Gasteiger partial charge on any atom is -0.418 e. The molecule has 1 aromatic heterocycles. The van der Waals surface area contributed by atoms with E-state index < -0.39 is 47.7 Å². The number of nitrogens with zero attached hydrogens (tertiary/aromatic N) is 1. The Kier molecular flexibility index (Phi) is 9.01. The lowest BCUT2D eigenvalue weighted by Crippen LogP contribution is -2.30. The number of benzene rings is 3. The number of hydrogen-bond acceptors (Lipinski definition) is 2. The Morgan fingerprint density at radius 2 is 1.25 bits per heavy atom. The maximum Gasteiger partial charge on any atom is 0.673 e. The zero-order valence-corrected chi connectivity index (χ0v) is 20.0. The second kappa shape index (κ2) is 11.6. The predicted molar refractivity (Wildman–Crippen MR) is 122 cm³/mol. The molecule has 0 saturated carbocycles. The van der Waals surface area contributed by atoms with Crippen molar-refractivity contribution in [1.29, 1.82) is 0 Å². The van der Waals surface area contributed by atoms with Crippen LogP contribution in [0.2, 0.25) is 5.02 Å². The van der Waals surface area contributed by atoms with Crippen molar-refractivity contribution < 1.29 is 43.8 Å². The number of aromatic nitrogens is 1. The van der Waals surface area contributed by atoms with Gasteiger partial charge in [-0.25, -0.2) is 22.0 Å². The molecule has 0 spiro atoms. The topological polar surface area (TPSA) is 3.88 Å². The van der Waals surface area contributed by atoms with Gasteiger partial charge in [0.05, 0.1) is 0 Å². The van der Waals surface area contributed by atoms with Crippen molar-refractivity contribution in [3.05, 3.63) is 99.8 Å². The van der Waals surface area contributed by atoms with Gasteiger partial charge in [0.2, 0.25) is 17.0 Å². The molecule has 36 heavy (non-hydrogen) atoms. The molecule has 0 atom stereocenters. The van der Waals surface area contributed by atoms with Crippen molar-refractivity contribution in [2.45, 2.75) is 10.8 Å². The van der Waals surface area contributed by atoms with E-state index in [1.807, 2.05) is 40.4 Å². The molecule has 0 fully saturated rings. The number of para-hydroxylation sites is 1. The average molecular weight is 572 g/mol. The lowest BCUT2D eigenvalue weighted by Gasteiger charge is -2.08. The third-order valence-electron chi connectivity index (χ3n) is 4.48. The van der Waals surface area contributed by atoms with Gasteiger partial charge in [-0.05, 0) is 17.7 Å². The first-order chi connectivity index (χ1) is 16.9. The van der Waals surface area contributed by atoms with Crippen molar-refractivity contribution >= 4 is 42.0 Å². The lowest BCUT2D eigenvalue weighted by molar-refractivity contribution is -0.629. The Hall–Kier alpha value is -2.64. The van der Waals surface area contributed by atoms with Crippen LogP contribution in [0.5, 0.6) is 0 Å². The molecule has 4 aromatic rings. The molecule has 4 rings (SSSR count). The van der Waals surface area contributed by atoms with Crippen molar-refractivity contribution in [3.63, 3.8) is 0 Å². The first kappa shape index (κ1) is 27.9. The van der Waals surface area contributed by atoms with Gasteiger partial charge in [-0.2, -0.15) is 0 Å². The van der Waals surface area contributed by atoms with Gasteiger partial charge < -0.3 is 17.3 Å². The molecule has 0 amide bonds. The van der Waals surface area contributed by atoms with E-state index in [4.69, 9.17) is 11.6 Å². The SMILES string of the molecule is F[B-](F)(F)F.Fc1c(F)c(F)c(CSc2c(-c3ccc(Cl)cc3)sc[n+]2-c2ccccc2)c(F)c1F. The molecule has 1 nitrogen and oxygen atoms in total. The van der Waals surface area contributed by atoms with Crippen LogP contribution in [0.15, 0.2) is 65.1 Å². The summed E-state index contributed by atoms with van der Waals surface area (Å²) in [6.07, 6.45) is 0. The normalized spacial score (nSPS) is 11.3. The molecule has 0 aliphatic heterocycles. The van der Waals surface area contributed by atoms with Crippen molar-refractivity contribution in [3.8, 4) is 16.1 Å². The Labute approximate surface area is 212 Å². The molecular formula is C22H12BClF9NS2. The smallest absolute Gasteiger partial charge is 0.418 e. The number of rotatable bonds is 5. The minimum atomic E-state index is -6.00. The van der Waals surface area contributed by atoms with Gasteiger partial charge in [0.1, 0.15) is 4.88 Å². The summed E-state index contributed by atoms with van der Waals surface area (Å²) in [7, 11) is -6.00. The highest BCUT2D eigenvalue weighted by Gasteiger charge is 2.29. The van der Waals surface area contributed by atoms with E-state index in [9.17, 15) is 39.2 Å². The van der Waals surface area contributed by atoms with Crippen LogP contribution in [-0.4, -0.2) is 7.25 Å². The molecule has 1 heterocycles. The van der Waals surface area contributed by atoms with Gasteiger partial charge in [-0.3, -0.25) is 0 Å². The van der Waals surface area contributed by atoms with Gasteiger partial charge in [0, 0.05) is 28.5 Å². The third kappa shape index (κ3) is 6.77. The summed E-state index contributed by atoms with van der Waals surface area (Å²) in [5.41, 5.74) is 2.55. The second-order valence-corrected chi connectivity index (χ2v) is 9.16. The highest BCUT2D eigenvalue weighted by Crippen LogP contribution is 2.37. The van der Waals surface area contributed by atoms with E-state index in [2.05, 4.69) is 0 Å². The van der Waals surface area contributed by atoms with Gasteiger partial charge in [0.25, 0.3) is 5.03 Å². The zero-order chi connectivity index (χ0) is 26.6. The van der Waals surface area contributed by atoms with E-state index in [1.54, 1.807) is 24.3 Å². The highest BCUT2D eigenvalue weighted by molar-refractivity contribution is 7.98. The van der Waals surface area contributed by atoms with Crippen molar-refractivity contribution in [1.82, 2.24) is 0 Å². The molecule has 0 N–H and O–H groups in total. The number of thiazole rings is 1. The van der Waals surface area contributed by atoms with E-state index in [0.717, 1.165) is 27.9 Å². The summed E-state index contributed by atoms with van der Waals surface area (Å²) in [6.45, 7) is 0. The van der Waals surface area contributed by atoms with E-state index in [-0.39, 0.29) is 0 Å². The highest BCUT2D eigenvalue weighted by atomic mass is 35.5.